The second kappa shape index (κ2) is 10.4. The SMILES string of the molecule is COc1cc2ncnc(Nc3ccc(Br)cc3F)c2cc1OCCCN1CC2CN(C(=O)O)CC2C1. The Morgan fingerprint density at radius 1 is 1.17 bits per heavy atom. The molecule has 2 fully saturated rings. The van der Waals surface area contributed by atoms with Gasteiger partial charge in [-0.3, -0.25) is 0 Å². The van der Waals surface area contributed by atoms with Crippen molar-refractivity contribution in [3.8, 4) is 11.5 Å². The molecule has 0 radical (unpaired) electrons. The van der Waals surface area contributed by atoms with E-state index in [1.54, 1.807) is 25.3 Å². The molecule has 0 spiro atoms. The van der Waals surface area contributed by atoms with Crippen molar-refractivity contribution in [2.24, 2.45) is 11.8 Å². The molecule has 2 aliphatic rings. The summed E-state index contributed by atoms with van der Waals surface area (Å²) in [6.07, 6.45) is 1.42. The highest BCUT2D eigenvalue weighted by molar-refractivity contribution is 9.10. The lowest BCUT2D eigenvalue weighted by atomic mass is 10.0. The van der Waals surface area contributed by atoms with E-state index in [0.29, 0.717) is 69.9 Å². The summed E-state index contributed by atoms with van der Waals surface area (Å²) in [4.78, 5) is 23.7. The molecule has 2 atom stereocenters. The molecular weight excluding hydrogens is 533 g/mol. The molecule has 0 saturated carbocycles. The summed E-state index contributed by atoms with van der Waals surface area (Å²) in [6, 6.07) is 8.38. The molecule has 1 amide bonds. The number of aromatic nitrogens is 2. The Balaban J connectivity index is 1.23. The zero-order valence-corrected chi connectivity index (χ0v) is 21.4. The minimum Gasteiger partial charge on any atom is -0.493 e. The molecule has 3 heterocycles. The van der Waals surface area contributed by atoms with Gasteiger partial charge in [-0.15, -0.1) is 0 Å². The smallest absolute Gasteiger partial charge is 0.407 e. The average molecular weight is 560 g/mol. The van der Waals surface area contributed by atoms with Crippen LogP contribution in [-0.4, -0.2) is 77.4 Å². The molecule has 11 heteroatoms. The molecular formula is C25H27BrFN5O4. The van der Waals surface area contributed by atoms with E-state index in [1.807, 2.05) is 6.07 Å². The normalized spacial score (nSPS) is 19.5. The van der Waals surface area contributed by atoms with Gasteiger partial charge in [-0.25, -0.2) is 19.2 Å². The molecule has 0 bridgehead atoms. The molecule has 9 nitrogen and oxygen atoms in total. The second-order valence-electron chi connectivity index (χ2n) is 9.16. The van der Waals surface area contributed by atoms with Crippen LogP contribution in [0.25, 0.3) is 10.9 Å². The van der Waals surface area contributed by atoms with Crippen molar-refractivity contribution in [1.29, 1.82) is 0 Å². The Bertz CT molecular complexity index is 1260. The zero-order chi connectivity index (χ0) is 25.2. The number of hydrogen-bond acceptors (Lipinski definition) is 7. The van der Waals surface area contributed by atoms with Gasteiger partial charge in [0.15, 0.2) is 11.5 Å². The van der Waals surface area contributed by atoms with E-state index in [2.05, 4.69) is 36.1 Å². The fourth-order valence-corrected chi connectivity index (χ4v) is 5.39. The molecule has 1 aromatic heterocycles. The summed E-state index contributed by atoms with van der Waals surface area (Å²) in [5.74, 6) is 2.03. The number of ether oxygens (including phenoxy) is 2. The molecule has 2 aliphatic heterocycles. The van der Waals surface area contributed by atoms with Gasteiger partial charge in [0, 0.05) is 48.6 Å². The highest BCUT2D eigenvalue weighted by atomic mass is 79.9. The fraction of sp³-hybridized carbons (Fsp3) is 0.400. The first-order valence-corrected chi connectivity index (χ1v) is 12.6. The quantitative estimate of drug-likeness (QED) is 0.386. The maximum Gasteiger partial charge on any atom is 0.407 e. The Kier molecular flexibility index (Phi) is 7.10. The van der Waals surface area contributed by atoms with Crippen LogP contribution in [0.1, 0.15) is 6.42 Å². The van der Waals surface area contributed by atoms with Crippen molar-refractivity contribution < 1.29 is 23.8 Å². The lowest BCUT2D eigenvalue weighted by molar-refractivity contribution is 0.148. The third-order valence-electron chi connectivity index (χ3n) is 6.81. The molecule has 190 valence electrons. The van der Waals surface area contributed by atoms with Gasteiger partial charge < -0.3 is 29.7 Å². The molecule has 2 saturated heterocycles. The highest BCUT2D eigenvalue weighted by Gasteiger charge is 2.41. The lowest BCUT2D eigenvalue weighted by Crippen LogP contribution is -2.32. The molecule has 2 unspecified atom stereocenters. The van der Waals surface area contributed by atoms with Gasteiger partial charge in [-0.05, 0) is 42.5 Å². The number of methoxy groups -OCH3 is 1. The van der Waals surface area contributed by atoms with Crippen LogP contribution in [0.4, 0.5) is 20.7 Å². The van der Waals surface area contributed by atoms with E-state index in [-0.39, 0.29) is 0 Å². The van der Waals surface area contributed by atoms with Crippen LogP contribution in [0, 0.1) is 17.7 Å². The van der Waals surface area contributed by atoms with Gasteiger partial charge in [0.25, 0.3) is 0 Å². The van der Waals surface area contributed by atoms with Crippen LogP contribution < -0.4 is 14.8 Å². The number of carboxylic acid groups (broad SMARTS) is 1. The molecule has 3 aromatic rings. The van der Waals surface area contributed by atoms with E-state index < -0.39 is 11.9 Å². The Morgan fingerprint density at radius 3 is 2.64 bits per heavy atom. The third kappa shape index (κ3) is 5.17. The van der Waals surface area contributed by atoms with Crippen molar-refractivity contribution in [1.82, 2.24) is 19.8 Å². The van der Waals surface area contributed by atoms with Crippen molar-refractivity contribution in [2.45, 2.75) is 6.42 Å². The van der Waals surface area contributed by atoms with E-state index in [4.69, 9.17) is 9.47 Å². The van der Waals surface area contributed by atoms with E-state index in [1.165, 1.54) is 17.3 Å². The van der Waals surface area contributed by atoms with Crippen LogP contribution >= 0.6 is 15.9 Å². The zero-order valence-electron chi connectivity index (χ0n) is 19.8. The highest BCUT2D eigenvalue weighted by Crippen LogP contribution is 2.35. The van der Waals surface area contributed by atoms with Gasteiger partial charge in [-0.2, -0.15) is 0 Å². The summed E-state index contributed by atoms with van der Waals surface area (Å²) >= 11 is 3.27. The molecule has 0 aliphatic carbocycles. The second-order valence-corrected chi connectivity index (χ2v) is 10.1. The number of rotatable bonds is 8. The van der Waals surface area contributed by atoms with Gasteiger partial charge in [-0.1, -0.05) is 15.9 Å². The van der Waals surface area contributed by atoms with E-state index in [0.717, 1.165) is 26.1 Å². The van der Waals surface area contributed by atoms with Gasteiger partial charge >= 0.3 is 6.09 Å². The van der Waals surface area contributed by atoms with Crippen LogP contribution in [0.2, 0.25) is 0 Å². The summed E-state index contributed by atoms with van der Waals surface area (Å²) in [5, 5.41) is 12.9. The third-order valence-corrected chi connectivity index (χ3v) is 7.31. The van der Waals surface area contributed by atoms with Crippen molar-refractivity contribution in [2.75, 3.05) is 51.8 Å². The molecule has 5 rings (SSSR count). The average Bonchev–Trinajstić information content (AvgIpc) is 3.42. The number of nitrogens with zero attached hydrogens (tertiary/aromatic N) is 4. The number of carbonyl (C=O) groups is 1. The van der Waals surface area contributed by atoms with Crippen LogP contribution in [0.5, 0.6) is 11.5 Å². The van der Waals surface area contributed by atoms with Gasteiger partial charge in [0.05, 0.1) is 24.9 Å². The van der Waals surface area contributed by atoms with Crippen molar-refractivity contribution >= 4 is 44.4 Å². The Labute approximate surface area is 216 Å². The van der Waals surface area contributed by atoms with Crippen LogP contribution in [0.3, 0.4) is 0 Å². The molecule has 36 heavy (non-hydrogen) atoms. The number of benzene rings is 2. The predicted molar refractivity (Wildman–Crippen MR) is 137 cm³/mol. The first-order chi connectivity index (χ1) is 17.4. The summed E-state index contributed by atoms with van der Waals surface area (Å²) in [5.41, 5.74) is 0.951. The minimum atomic E-state index is -0.820. The topological polar surface area (TPSA) is 100 Å². The number of hydrogen-bond donors (Lipinski definition) is 2. The largest absolute Gasteiger partial charge is 0.493 e. The number of fused-ring (bicyclic) bond motifs is 2. The summed E-state index contributed by atoms with van der Waals surface area (Å²) in [6.45, 7) is 4.48. The Hall–Kier alpha value is -3.18. The fourth-order valence-electron chi connectivity index (χ4n) is 5.05. The number of amides is 1. The maximum atomic E-state index is 14.4. The first kappa shape index (κ1) is 24.5. The Morgan fingerprint density at radius 2 is 1.94 bits per heavy atom. The van der Waals surface area contributed by atoms with Crippen molar-refractivity contribution in [3.05, 3.63) is 46.9 Å². The maximum absolute atomic E-state index is 14.4. The number of halogens is 2. The number of likely N-dealkylation sites (tertiary alicyclic amines) is 2. The monoisotopic (exact) mass is 559 g/mol. The summed E-state index contributed by atoms with van der Waals surface area (Å²) in [7, 11) is 1.58. The molecule has 2 N–H and O–H groups in total. The van der Waals surface area contributed by atoms with Crippen LogP contribution in [0.15, 0.2) is 41.1 Å². The lowest BCUT2D eigenvalue weighted by Gasteiger charge is -2.20. The van der Waals surface area contributed by atoms with E-state index in [9.17, 15) is 14.3 Å². The first-order valence-electron chi connectivity index (χ1n) is 11.8. The number of anilines is 2. The van der Waals surface area contributed by atoms with Crippen molar-refractivity contribution in [3.63, 3.8) is 0 Å². The van der Waals surface area contributed by atoms with Crippen LogP contribution in [-0.2, 0) is 0 Å². The van der Waals surface area contributed by atoms with Gasteiger partial charge in [0.1, 0.15) is 18.0 Å². The van der Waals surface area contributed by atoms with Gasteiger partial charge in [0.2, 0.25) is 0 Å². The number of nitrogens with one attached hydrogen (secondary N) is 1. The predicted octanol–water partition coefficient (Wildman–Crippen LogP) is 4.59. The summed E-state index contributed by atoms with van der Waals surface area (Å²) < 4.78 is 26.6. The standard InChI is InChI=1S/C25H27BrFN5O4/c1-35-22-9-21-18(24(29-14-28-21)30-20-4-3-17(26)7-19(20)27)8-23(22)36-6-2-5-31-10-15-12-32(25(33)34)13-16(15)11-31/h3-4,7-9,14-16H,2,5-6,10-13H2,1H3,(H,33,34)(H,28,29,30). The van der Waals surface area contributed by atoms with E-state index >= 15 is 0 Å². The molecule has 2 aromatic carbocycles. The minimum absolute atomic E-state index is 0.304.